The van der Waals surface area contributed by atoms with Gasteiger partial charge in [-0.1, -0.05) is 28.1 Å². The Labute approximate surface area is 132 Å². The second kappa shape index (κ2) is 6.72. The van der Waals surface area contributed by atoms with Crippen LogP contribution in [0, 0.1) is 0 Å². The minimum atomic E-state index is 0.491. The predicted octanol–water partition coefficient (Wildman–Crippen LogP) is 3.16. The molecule has 0 unspecified atom stereocenters. The van der Waals surface area contributed by atoms with Crippen molar-refractivity contribution >= 4 is 21.8 Å². The van der Waals surface area contributed by atoms with E-state index in [1.54, 1.807) is 6.20 Å². The van der Waals surface area contributed by atoms with Crippen molar-refractivity contribution in [1.82, 2.24) is 10.3 Å². The van der Waals surface area contributed by atoms with Crippen molar-refractivity contribution in [3.8, 4) is 5.88 Å². The van der Waals surface area contributed by atoms with Gasteiger partial charge in [0.1, 0.15) is 12.4 Å². The van der Waals surface area contributed by atoms with Gasteiger partial charge in [-0.3, -0.25) is 4.99 Å². The minimum Gasteiger partial charge on any atom is -0.472 e. The molecule has 0 aliphatic carbocycles. The molecule has 1 aliphatic heterocycles. The third kappa shape index (κ3) is 3.61. The Morgan fingerprint density at radius 1 is 1.19 bits per heavy atom. The number of aliphatic imine (C=N–C) groups is 1. The number of halogens is 1. The Morgan fingerprint density at radius 3 is 2.81 bits per heavy atom. The summed E-state index contributed by atoms with van der Waals surface area (Å²) < 4.78 is 6.93. The highest BCUT2D eigenvalue weighted by Crippen LogP contribution is 2.18. The molecule has 0 fully saturated rings. The van der Waals surface area contributed by atoms with Crippen molar-refractivity contribution < 1.29 is 4.74 Å². The maximum Gasteiger partial charge on any atom is 0.224 e. The van der Waals surface area contributed by atoms with Gasteiger partial charge in [-0.05, 0) is 36.2 Å². The fourth-order valence-corrected chi connectivity index (χ4v) is 2.40. The number of nitrogens with zero attached hydrogens (tertiary/aromatic N) is 2. The Morgan fingerprint density at radius 2 is 2.05 bits per heavy atom. The smallest absolute Gasteiger partial charge is 0.224 e. The van der Waals surface area contributed by atoms with E-state index in [1.165, 1.54) is 0 Å². The lowest BCUT2D eigenvalue weighted by molar-refractivity contribution is 0.293. The first-order valence-electron chi connectivity index (χ1n) is 6.94. The van der Waals surface area contributed by atoms with E-state index in [-0.39, 0.29) is 0 Å². The number of nitrogens with one attached hydrogen (secondary N) is 1. The number of pyridine rings is 1. The van der Waals surface area contributed by atoms with E-state index in [9.17, 15) is 0 Å². The third-order valence-electron chi connectivity index (χ3n) is 3.21. The summed E-state index contributed by atoms with van der Waals surface area (Å²) in [5.41, 5.74) is 2.03. The zero-order valence-electron chi connectivity index (χ0n) is 11.6. The molecule has 0 radical (unpaired) electrons. The van der Waals surface area contributed by atoms with Crippen LogP contribution in [0.5, 0.6) is 5.88 Å². The molecule has 0 atom stereocenters. The highest BCUT2D eigenvalue weighted by Gasteiger charge is 2.13. The summed E-state index contributed by atoms with van der Waals surface area (Å²) in [4.78, 5) is 8.84. The third-order valence-corrected chi connectivity index (χ3v) is 3.74. The van der Waals surface area contributed by atoms with E-state index in [1.807, 2.05) is 36.4 Å². The fourth-order valence-electron chi connectivity index (χ4n) is 2.13. The molecule has 21 heavy (non-hydrogen) atoms. The average Bonchev–Trinajstić information content (AvgIpc) is 2.55. The largest absolute Gasteiger partial charge is 0.472 e. The number of aromatic nitrogens is 1. The van der Waals surface area contributed by atoms with Crippen molar-refractivity contribution in [1.29, 1.82) is 0 Å². The molecular weight excluding hydrogens is 330 g/mol. The van der Waals surface area contributed by atoms with Crippen molar-refractivity contribution in [2.24, 2.45) is 4.99 Å². The van der Waals surface area contributed by atoms with Gasteiger partial charge in [-0.25, -0.2) is 4.98 Å². The van der Waals surface area contributed by atoms with Gasteiger partial charge in [-0.15, -0.1) is 0 Å². The van der Waals surface area contributed by atoms with Gasteiger partial charge >= 0.3 is 0 Å². The first-order chi connectivity index (χ1) is 10.3. The molecule has 2 aromatic rings. The van der Waals surface area contributed by atoms with Crippen molar-refractivity contribution in [2.45, 2.75) is 13.0 Å². The van der Waals surface area contributed by atoms with Gasteiger partial charge in [0.15, 0.2) is 0 Å². The minimum absolute atomic E-state index is 0.491. The van der Waals surface area contributed by atoms with Gasteiger partial charge in [0.05, 0.1) is 5.56 Å². The second-order valence-corrected chi connectivity index (χ2v) is 5.70. The molecule has 1 N–H and O–H groups in total. The molecule has 4 nitrogen and oxygen atoms in total. The van der Waals surface area contributed by atoms with Crippen molar-refractivity contribution in [2.75, 3.05) is 13.1 Å². The summed E-state index contributed by atoms with van der Waals surface area (Å²) >= 11 is 3.43. The van der Waals surface area contributed by atoms with E-state index < -0.39 is 0 Å². The van der Waals surface area contributed by atoms with Crippen molar-refractivity contribution in [3.63, 3.8) is 0 Å². The molecule has 3 rings (SSSR count). The molecule has 0 saturated heterocycles. The standard InChI is InChI=1S/C16H16BrN3O/c17-13-6-4-12(5-7-13)11-21-16-14(3-1-8-20-16)15-18-9-2-10-19-15/h1,3-8H,2,9-11H2,(H,18,19). The van der Waals surface area contributed by atoms with Crippen LogP contribution in [0.15, 0.2) is 52.1 Å². The molecule has 0 saturated carbocycles. The van der Waals surface area contributed by atoms with Crippen LogP contribution in [0.25, 0.3) is 0 Å². The van der Waals surface area contributed by atoms with E-state index >= 15 is 0 Å². The molecule has 0 bridgehead atoms. The summed E-state index contributed by atoms with van der Waals surface area (Å²) in [6.45, 7) is 2.29. The number of amidine groups is 1. The van der Waals surface area contributed by atoms with Gasteiger partial charge in [-0.2, -0.15) is 0 Å². The second-order valence-electron chi connectivity index (χ2n) is 4.78. The predicted molar refractivity (Wildman–Crippen MR) is 86.7 cm³/mol. The van der Waals surface area contributed by atoms with Crippen LogP contribution in [0.4, 0.5) is 0 Å². The van der Waals surface area contributed by atoms with Crippen LogP contribution in [0.2, 0.25) is 0 Å². The lowest BCUT2D eigenvalue weighted by Crippen LogP contribution is -2.30. The lowest BCUT2D eigenvalue weighted by atomic mass is 10.2. The maximum atomic E-state index is 5.87. The number of hydrogen-bond acceptors (Lipinski definition) is 4. The van der Waals surface area contributed by atoms with Gasteiger partial charge in [0, 0.05) is 23.8 Å². The topological polar surface area (TPSA) is 46.5 Å². The highest BCUT2D eigenvalue weighted by atomic mass is 79.9. The summed E-state index contributed by atoms with van der Waals surface area (Å²) in [5, 5.41) is 3.31. The van der Waals surface area contributed by atoms with Crippen LogP contribution >= 0.6 is 15.9 Å². The molecule has 1 aromatic carbocycles. The molecule has 0 spiro atoms. The molecule has 2 heterocycles. The first-order valence-corrected chi connectivity index (χ1v) is 7.73. The van der Waals surface area contributed by atoms with Crippen LogP contribution in [0.3, 0.4) is 0 Å². The van der Waals surface area contributed by atoms with E-state index in [0.29, 0.717) is 12.5 Å². The molecule has 1 aliphatic rings. The molecule has 108 valence electrons. The zero-order chi connectivity index (χ0) is 14.5. The van der Waals surface area contributed by atoms with E-state index in [2.05, 4.69) is 31.2 Å². The molecule has 5 heteroatoms. The van der Waals surface area contributed by atoms with Gasteiger partial charge < -0.3 is 10.1 Å². The van der Waals surface area contributed by atoms with Crippen LogP contribution < -0.4 is 10.1 Å². The summed E-state index contributed by atoms with van der Waals surface area (Å²) in [7, 11) is 0. The SMILES string of the molecule is Brc1ccc(COc2ncccc2C2=NCCCN2)cc1. The number of ether oxygens (including phenoxy) is 1. The summed E-state index contributed by atoms with van der Waals surface area (Å²) in [6.07, 6.45) is 2.81. The van der Waals surface area contributed by atoms with E-state index in [0.717, 1.165) is 40.9 Å². The number of benzene rings is 1. The zero-order valence-corrected chi connectivity index (χ0v) is 13.1. The average molecular weight is 346 g/mol. The van der Waals surface area contributed by atoms with Crippen LogP contribution in [-0.2, 0) is 6.61 Å². The quantitative estimate of drug-likeness (QED) is 0.925. The van der Waals surface area contributed by atoms with Gasteiger partial charge in [0.25, 0.3) is 0 Å². The number of hydrogen-bond donors (Lipinski definition) is 1. The lowest BCUT2D eigenvalue weighted by Gasteiger charge is -2.17. The maximum absolute atomic E-state index is 5.87. The van der Waals surface area contributed by atoms with Crippen LogP contribution in [-0.4, -0.2) is 23.9 Å². The highest BCUT2D eigenvalue weighted by molar-refractivity contribution is 9.10. The Bertz CT molecular complexity index is 640. The Balaban J connectivity index is 1.76. The summed E-state index contributed by atoms with van der Waals surface area (Å²) in [5.74, 6) is 1.49. The van der Waals surface area contributed by atoms with Crippen molar-refractivity contribution in [3.05, 3.63) is 58.2 Å². The van der Waals surface area contributed by atoms with E-state index in [4.69, 9.17) is 4.74 Å². The summed E-state index contributed by atoms with van der Waals surface area (Å²) in [6, 6.07) is 12.0. The monoisotopic (exact) mass is 345 g/mol. The fraction of sp³-hybridized carbons (Fsp3) is 0.250. The normalized spacial score (nSPS) is 14.2. The Kier molecular flexibility index (Phi) is 4.50. The first kappa shape index (κ1) is 14.1. The number of rotatable bonds is 4. The Hall–Kier alpha value is -1.88. The molecular formula is C16H16BrN3O. The molecule has 1 aromatic heterocycles. The van der Waals surface area contributed by atoms with Gasteiger partial charge in [0.2, 0.25) is 5.88 Å². The van der Waals surface area contributed by atoms with Crippen LogP contribution in [0.1, 0.15) is 17.5 Å². The molecule has 0 amide bonds.